The summed E-state index contributed by atoms with van der Waals surface area (Å²) in [6.45, 7) is 0.203. The lowest BCUT2D eigenvalue weighted by atomic mass is 10.1. The highest BCUT2D eigenvalue weighted by atomic mass is 32.2. The van der Waals surface area contributed by atoms with Gasteiger partial charge < -0.3 is 23.4 Å². The Kier molecular flexibility index (Phi) is 5.91. The first-order chi connectivity index (χ1) is 16.9. The van der Waals surface area contributed by atoms with Crippen LogP contribution in [0.3, 0.4) is 0 Å². The molecule has 1 aliphatic rings. The van der Waals surface area contributed by atoms with Crippen molar-refractivity contribution in [2.45, 2.75) is 11.3 Å². The van der Waals surface area contributed by atoms with Crippen LogP contribution in [-0.4, -0.2) is 39.6 Å². The molecule has 0 atom stereocenters. The molecule has 11 heteroatoms. The lowest BCUT2D eigenvalue weighted by Gasteiger charge is -2.13. The van der Waals surface area contributed by atoms with E-state index < -0.39 is 10.0 Å². The first-order valence-electron chi connectivity index (χ1n) is 10.5. The van der Waals surface area contributed by atoms with Gasteiger partial charge in [-0.2, -0.15) is 0 Å². The van der Waals surface area contributed by atoms with Crippen LogP contribution in [0.15, 0.2) is 70.0 Å². The van der Waals surface area contributed by atoms with E-state index in [0.29, 0.717) is 40.8 Å². The predicted octanol–water partition coefficient (Wildman–Crippen LogP) is 3.87. The van der Waals surface area contributed by atoms with Crippen molar-refractivity contribution in [2.24, 2.45) is 0 Å². The molecule has 2 heterocycles. The number of nitrogens with zero attached hydrogens (tertiary/aromatic N) is 2. The predicted molar refractivity (Wildman–Crippen MR) is 125 cm³/mol. The Morgan fingerprint density at radius 3 is 2.63 bits per heavy atom. The van der Waals surface area contributed by atoms with E-state index >= 15 is 0 Å². The minimum absolute atomic E-state index is 0.0476. The number of hydrogen-bond acceptors (Lipinski definition) is 9. The van der Waals surface area contributed by atoms with Crippen molar-refractivity contribution in [2.75, 3.05) is 25.7 Å². The van der Waals surface area contributed by atoms with Crippen molar-refractivity contribution in [3.8, 4) is 34.5 Å². The Labute approximate surface area is 201 Å². The molecular weight excluding hydrogens is 474 g/mol. The zero-order valence-electron chi connectivity index (χ0n) is 18.8. The van der Waals surface area contributed by atoms with Crippen LogP contribution in [-0.2, 0) is 16.4 Å². The van der Waals surface area contributed by atoms with E-state index in [2.05, 4.69) is 14.9 Å². The summed E-state index contributed by atoms with van der Waals surface area (Å²) in [5.74, 6) is 2.63. The fourth-order valence-electron chi connectivity index (χ4n) is 3.59. The average molecular weight is 496 g/mol. The molecule has 0 radical (unpaired) electrons. The molecule has 10 nitrogen and oxygen atoms in total. The van der Waals surface area contributed by atoms with Gasteiger partial charge >= 0.3 is 0 Å². The van der Waals surface area contributed by atoms with Crippen molar-refractivity contribution in [3.63, 3.8) is 0 Å². The summed E-state index contributed by atoms with van der Waals surface area (Å²) in [7, 11) is -1.11. The number of ether oxygens (including phenoxy) is 4. The monoisotopic (exact) mass is 495 g/mol. The first kappa shape index (κ1) is 22.5. The van der Waals surface area contributed by atoms with Crippen LogP contribution in [0.5, 0.6) is 23.0 Å². The van der Waals surface area contributed by atoms with Gasteiger partial charge in [-0.05, 0) is 48.0 Å². The third kappa shape index (κ3) is 4.71. The number of fused-ring (bicyclic) bond motifs is 1. The van der Waals surface area contributed by atoms with E-state index in [9.17, 15) is 8.42 Å². The maximum absolute atomic E-state index is 13.1. The van der Waals surface area contributed by atoms with Crippen molar-refractivity contribution in [3.05, 3.63) is 72.1 Å². The Balaban J connectivity index is 1.36. The molecule has 1 aromatic heterocycles. The zero-order valence-corrected chi connectivity index (χ0v) is 19.7. The summed E-state index contributed by atoms with van der Waals surface area (Å²) in [6, 6.07) is 16.8. The summed E-state index contributed by atoms with van der Waals surface area (Å²) in [5, 5.41) is 8.23. The average Bonchev–Trinajstić information content (AvgIpc) is 3.53. The summed E-state index contributed by atoms with van der Waals surface area (Å²) in [4.78, 5) is -0.0476. The third-order valence-corrected chi connectivity index (χ3v) is 6.68. The van der Waals surface area contributed by atoms with Gasteiger partial charge in [-0.15, -0.1) is 10.2 Å². The van der Waals surface area contributed by atoms with Gasteiger partial charge in [0.25, 0.3) is 10.0 Å². The molecule has 1 N–H and O–H groups in total. The van der Waals surface area contributed by atoms with Gasteiger partial charge in [-0.3, -0.25) is 4.72 Å². The van der Waals surface area contributed by atoms with Gasteiger partial charge in [0.15, 0.2) is 11.5 Å². The van der Waals surface area contributed by atoms with Crippen LogP contribution >= 0.6 is 0 Å². The molecule has 0 unspecified atom stereocenters. The van der Waals surface area contributed by atoms with Crippen LogP contribution in [0.4, 0.5) is 5.69 Å². The summed E-state index contributed by atoms with van der Waals surface area (Å²) in [5.41, 5.74) is 1.81. The second-order valence-corrected chi connectivity index (χ2v) is 9.22. The number of anilines is 1. The number of aromatic nitrogens is 2. The molecule has 0 aliphatic carbocycles. The van der Waals surface area contributed by atoms with Gasteiger partial charge in [0.1, 0.15) is 16.4 Å². The van der Waals surface area contributed by atoms with Crippen molar-refractivity contribution < 1.29 is 31.8 Å². The van der Waals surface area contributed by atoms with Crippen molar-refractivity contribution in [1.29, 1.82) is 0 Å². The zero-order chi connectivity index (χ0) is 24.4. The van der Waals surface area contributed by atoms with E-state index in [-0.39, 0.29) is 23.3 Å². The number of rotatable bonds is 8. The standard InChI is InChI=1S/C24H21N3O7S/c1-30-18-7-9-20(31-2)22(13-18)35(28,29)27-17-5-3-4-16(12-17)24-26-25-23(34-24)11-15-6-8-19-21(10-15)33-14-32-19/h3-10,12-13,27H,11,14H2,1-2H3. The smallest absolute Gasteiger partial charge is 0.265 e. The molecule has 4 aromatic rings. The van der Waals surface area contributed by atoms with Gasteiger partial charge in [0.05, 0.1) is 20.6 Å². The molecule has 3 aromatic carbocycles. The molecule has 0 amide bonds. The number of hydrogen-bond donors (Lipinski definition) is 1. The molecule has 0 saturated heterocycles. The first-order valence-corrected chi connectivity index (χ1v) is 12.0. The lowest BCUT2D eigenvalue weighted by Crippen LogP contribution is -2.14. The van der Waals surface area contributed by atoms with E-state index in [1.54, 1.807) is 30.3 Å². The SMILES string of the molecule is COc1ccc(OC)c(S(=O)(=O)Nc2cccc(-c3nnc(Cc4ccc5c(c4)OCO5)o3)c2)c1. The molecule has 0 fully saturated rings. The third-order valence-electron chi connectivity index (χ3n) is 5.28. The molecule has 0 saturated carbocycles. The second kappa shape index (κ2) is 9.18. The number of methoxy groups -OCH3 is 2. The van der Waals surface area contributed by atoms with Crippen LogP contribution in [0.25, 0.3) is 11.5 Å². The Hall–Kier alpha value is -4.25. The van der Waals surface area contributed by atoms with E-state index in [1.165, 1.54) is 26.4 Å². The van der Waals surface area contributed by atoms with E-state index in [1.807, 2.05) is 18.2 Å². The second-order valence-electron chi connectivity index (χ2n) is 7.57. The molecule has 1 aliphatic heterocycles. The van der Waals surface area contributed by atoms with Crippen molar-refractivity contribution >= 4 is 15.7 Å². The minimum Gasteiger partial charge on any atom is -0.497 e. The molecule has 0 bridgehead atoms. The normalized spacial score (nSPS) is 12.4. The van der Waals surface area contributed by atoms with Gasteiger partial charge in [-0.1, -0.05) is 12.1 Å². The molecule has 180 valence electrons. The molecule has 5 rings (SSSR count). The summed E-state index contributed by atoms with van der Waals surface area (Å²) in [6.07, 6.45) is 0.408. The van der Waals surface area contributed by atoms with Crippen LogP contribution in [0, 0.1) is 0 Å². The maximum Gasteiger partial charge on any atom is 0.265 e. The van der Waals surface area contributed by atoms with Gasteiger partial charge in [-0.25, -0.2) is 8.42 Å². The highest BCUT2D eigenvalue weighted by molar-refractivity contribution is 7.92. The molecule has 0 spiro atoms. The largest absolute Gasteiger partial charge is 0.497 e. The lowest BCUT2D eigenvalue weighted by molar-refractivity contribution is 0.174. The van der Waals surface area contributed by atoms with Gasteiger partial charge in [0, 0.05) is 17.3 Å². The molecule has 35 heavy (non-hydrogen) atoms. The van der Waals surface area contributed by atoms with Crippen LogP contribution in [0.1, 0.15) is 11.5 Å². The van der Waals surface area contributed by atoms with Crippen molar-refractivity contribution in [1.82, 2.24) is 10.2 Å². The maximum atomic E-state index is 13.1. The Morgan fingerprint density at radius 2 is 1.80 bits per heavy atom. The minimum atomic E-state index is -3.97. The quantitative estimate of drug-likeness (QED) is 0.388. The number of sulfonamides is 1. The topological polar surface area (TPSA) is 122 Å². The number of nitrogens with one attached hydrogen (secondary N) is 1. The fourth-order valence-corrected chi connectivity index (χ4v) is 4.82. The van der Waals surface area contributed by atoms with Crippen LogP contribution in [0.2, 0.25) is 0 Å². The van der Waals surface area contributed by atoms with Crippen LogP contribution < -0.4 is 23.7 Å². The van der Waals surface area contributed by atoms with E-state index in [0.717, 1.165) is 5.56 Å². The highest BCUT2D eigenvalue weighted by Gasteiger charge is 2.21. The Bertz CT molecular complexity index is 1480. The Morgan fingerprint density at radius 1 is 0.943 bits per heavy atom. The van der Waals surface area contributed by atoms with Gasteiger partial charge in [0.2, 0.25) is 18.6 Å². The summed E-state index contributed by atoms with van der Waals surface area (Å²) < 4.78 is 55.6. The highest BCUT2D eigenvalue weighted by Crippen LogP contribution is 2.34. The van der Waals surface area contributed by atoms with E-state index in [4.69, 9.17) is 23.4 Å². The number of benzene rings is 3. The summed E-state index contributed by atoms with van der Waals surface area (Å²) >= 11 is 0. The molecular formula is C24H21N3O7S. The fraction of sp³-hybridized carbons (Fsp3) is 0.167.